The molecule has 0 aromatic carbocycles. The van der Waals surface area contributed by atoms with Crippen LogP contribution < -0.4 is 0 Å². The summed E-state index contributed by atoms with van der Waals surface area (Å²) in [4.78, 5) is 2.35. The van der Waals surface area contributed by atoms with E-state index in [4.69, 9.17) is 9.47 Å². The molecule has 20 heavy (non-hydrogen) atoms. The van der Waals surface area contributed by atoms with E-state index in [1.165, 1.54) is 0 Å². The fourth-order valence-corrected chi connectivity index (χ4v) is 6.34. The number of ether oxygens (including phenoxy) is 2. The molecule has 3 saturated heterocycles. The lowest BCUT2D eigenvalue weighted by atomic mass is 9.82. The third kappa shape index (κ3) is 2.30. The zero-order valence-corrected chi connectivity index (χ0v) is 13.0. The summed E-state index contributed by atoms with van der Waals surface area (Å²) in [6.45, 7) is 6.25. The van der Waals surface area contributed by atoms with E-state index in [9.17, 15) is 8.42 Å². The topological polar surface area (TPSA) is 55.8 Å². The SMILES string of the molecule is CCOC[C@H]1CCS(=O)(=O)C12CN(C1CCOCC1)C2. The highest BCUT2D eigenvalue weighted by atomic mass is 32.2. The second-order valence-corrected chi connectivity index (χ2v) is 8.73. The number of nitrogens with zero attached hydrogens (tertiary/aromatic N) is 1. The predicted molar refractivity (Wildman–Crippen MR) is 76.5 cm³/mol. The summed E-state index contributed by atoms with van der Waals surface area (Å²) >= 11 is 0. The molecule has 116 valence electrons. The van der Waals surface area contributed by atoms with E-state index in [1.54, 1.807) is 0 Å². The molecule has 0 N–H and O–H groups in total. The third-order valence-electron chi connectivity index (χ3n) is 5.27. The Morgan fingerprint density at radius 1 is 1.25 bits per heavy atom. The van der Waals surface area contributed by atoms with Crippen molar-refractivity contribution >= 4 is 9.84 Å². The summed E-state index contributed by atoms with van der Waals surface area (Å²) < 4.78 is 35.3. The van der Waals surface area contributed by atoms with Crippen molar-refractivity contribution in [1.82, 2.24) is 4.90 Å². The van der Waals surface area contributed by atoms with Crippen molar-refractivity contribution in [2.75, 3.05) is 45.3 Å². The Kier molecular flexibility index (Phi) is 4.10. The van der Waals surface area contributed by atoms with E-state index in [1.807, 2.05) is 6.92 Å². The van der Waals surface area contributed by atoms with Gasteiger partial charge in [-0.15, -0.1) is 0 Å². The largest absolute Gasteiger partial charge is 0.381 e. The van der Waals surface area contributed by atoms with Crippen LogP contribution in [0.1, 0.15) is 26.2 Å². The number of sulfone groups is 1. The summed E-state index contributed by atoms with van der Waals surface area (Å²) in [5.41, 5.74) is 0. The van der Waals surface area contributed by atoms with Gasteiger partial charge in [0, 0.05) is 44.9 Å². The highest BCUT2D eigenvalue weighted by molar-refractivity contribution is 7.93. The van der Waals surface area contributed by atoms with Gasteiger partial charge in [0.05, 0.1) is 12.4 Å². The molecule has 3 aliphatic rings. The van der Waals surface area contributed by atoms with Crippen molar-refractivity contribution in [2.45, 2.75) is 37.0 Å². The Morgan fingerprint density at radius 3 is 2.60 bits per heavy atom. The van der Waals surface area contributed by atoms with Crippen LogP contribution in [-0.4, -0.2) is 69.4 Å². The minimum absolute atomic E-state index is 0.184. The van der Waals surface area contributed by atoms with Crippen LogP contribution in [0.2, 0.25) is 0 Å². The molecule has 0 saturated carbocycles. The molecule has 0 amide bonds. The number of hydrogen-bond donors (Lipinski definition) is 0. The lowest BCUT2D eigenvalue weighted by Crippen LogP contribution is -2.70. The van der Waals surface area contributed by atoms with Gasteiger partial charge in [0.2, 0.25) is 0 Å². The van der Waals surface area contributed by atoms with E-state index in [0.717, 1.165) is 32.5 Å². The molecule has 1 atom stereocenters. The van der Waals surface area contributed by atoms with Crippen LogP contribution >= 0.6 is 0 Å². The molecule has 3 rings (SSSR count). The molecule has 5 nitrogen and oxygen atoms in total. The van der Waals surface area contributed by atoms with Crippen molar-refractivity contribution in [2.24, 2.45) is 5.92 Å². The summed E-state index contributed by atoms with van der Waals surface area (Å²) in [7, 11) is -2.95. The van der Waals surface area contributed by atoms with Crippen LogP contribution in [0, 0.1) is 5.92 Å². The third-order valence-corrected chi connectivity index (χ3v) is 7.87. The van der Waals surface area contributed by atoms with Gasteiger partial charge in [-0.2, -0.15) is 0 Å². The van der Waals surface area contributed by atoms with Gasteiger partial charge in [0.25, 0.3) is 0 Å². The second-order valence-electron chi connectivity index (χ2n) is 6.28. The van der Waals surface area contributed by atoms with Gasteiger partial charge in [-0.25, -0.2) is 8.42 Å². The first-order chi connectivity index (χ1) is 9.59. The van der Waals surface area contributed by atoms with Gasteiger partial charge >= 0.3 is 0 Å². The van der Waals surface area contributed by atoms with Gasteiger partial charge in [0.1, 0.15) is 4.75 Å². The minimum Gasteiger partial charge on any atom is -0.381 e. The van der Waals surface area contributed by atoms with Gasteiger partial charge in [0.15, 0.2) is 9.84 Å². The van der Waals surface area contributed by atoms with Crippen LogP contribution in [0.15, 0.2) is 0 Å². The number of likely N-dealkylation sites (tertiary alicyclic amines) is 1. The fraction of sp³-hybridized carbons (Fsp3) is 1.00. The van der Waals surface area contributed by atoms with Gasteiger partial charge < -0.3 is 9.47 Å². The van der Waals surface area contributed by atoms with E-state index < -0.39 is 14.6 Å². The number of rotatable bonds is 4. The Hall–Kier alpha value is -0.170. The standard InChI is InChI=1S/C14H25NO4S/c1-2-18-9-12-5-8-20(16,17)14(12)10-15(11-14)13-3-6-19-7-4-13/h12-13H,2-11H2,1H3/t12-/m1/s1. The zero-order chi connectivity index (χ0) is 14.2. The lowest BCUT2D eigenvalue weighted by molar-refractivity contribution is -0.0294. The van der Waals surface area contributed by atoms with Crippen molar-refractivity contribution < 1.29 is 17.9 Å². The van der Waals surface area contributed by atoms with Crippen molar-refractivity contribution in [3.63, 3.8) is 0 Å². The Bertz CT molecular complexity index is 438. The lowest BCUT2D eigenvalue weighted by Gasteiger charge is -2.53. The summed E-state index contributed by atoms with van der Waals surface area (Å²) in [5, 5.41) is 0. The molecule has 0 bridgehead atoms. The smallest absolute Gasteiger partial charge is 0.158 e. The van der Waals surface area contributed by atoms with Gasteiger partial charge in [-0.1, -0.05) is 0 Å². The van der Waals surface area contributed by atoms with Crippen LogP contribution in [0.3, 0.4) is 0 Å². The first-order valence-corrected chi connectivity index (χ1v) is 9.36. The summed E-state index contributed by atoms with van der Waals surface area (Å²) in [6.07, 6.45) is 2.84. The Labute approximate surface area is 121 Å². The molecule has 0 unspecified atom stereocenters. The monoisotopic (exact) mass is 303 g/mol. The van der Waals surface area contributed by atoms with Crippen LogP contribution in [-0.2, 0) is 19.3 Å². The van der Waals surface area contributed by atoms with Gasteiger partial charge in [-0.05, 0) is 26.2 Å². The van der Waals surface area contributed by atoms with Crippen LogP contribution in [0.4, 0.5) is 0 Å². The quantitative estimate of drug-likeness (QED) is 0.765. The van der Waals surface area contributed by atoms with Gasteiger partial charge in [-0.3, -0.25) is 4.90 Å². The molecule has 6 heteroatoms. The minimum atomic E-state index is -2.95. The first-order valence-electron chi connectivity index (χ1n) is 7.71. The summed E-state index contributed by atoms with van der Waals surface area (Å²) in [5.74, 6) is 0.523. The molecule has 3 fully saturated rings. The maximum absolute atomic E-state index is 12.5. The highest BCUT2D eigenvalue weighted by Gasteiger charge is 2.62. The zero-order valence-electron chi connectivity index (χ0n) is 12.2. The van der Waals surface area contributed by atoms with E-state index in [-0.39, 0.29) is 5.92 Å². The van der Waals surface area contributed by atoms with Crippen molar-refractivity contribution in [3.8, 4) is 0 Å². The van der Waals surface area contributed by atoms with Crippen LogP contribution in [0.5, 0.6) is 0 Å². The van der Waals surface area contributed by atoms with Crippen LogP contribution in [0.25, 0.3) is 0 Å². The molecule has 0 aromatic rings. The average molecular weight is 303 g/mol. The normalized spacial score (nSPS) is 33.4. The molecular weight excluding hydrogens is 278 g/mol. The maximum atomic E-state index is 12.5. The predicted octanol–water partition coefficient (Wildman–Crippen LogP) is 0.691. The van der Waals surface area contributed by atoms with E-state index in [0.29, 0.717) is 38.1 Å². The fourth-order valence-electron chi connectivity index (χ4n) is 3.92. The second kappa shape index (κ2) is 5.55. The molecule has 3 heterocycles. The molecule has 3 aliphatic heterocycles. The average Bonchev–Trinajstić information content (AvgIpc) is 2.67. The molecular formula is C14H25NO4S. The van der Waals surface area contributed by atoms with E-state index >= 15 is 0 Å². The number of hydrogen-bond acceptors (Lipinski definition) is 5. The maximum Gasteiger partial charge on any atom is 0.158 e. The Balaban J connectivity index is 1.67. The van der Waals surface area contributed by atoms with E-state index in [2.05, 4.69) is 4.90 Å². The molecule has 0 radical (unpaired) electrons. The van der Waals surface area contributed by atoms with Crippen molar-refractivity contribution in [1.29, 1.82) is 0 Å². The molecule has 0 aromatic heterocycles. The highest BCUT2D eigenvalue weighted by Crippen LogP contribution is 2.46. The first kappa shape index (κ1) is 14.8. The Morgan fingerprint density at radius 2 is 1.95 bits per heavy atom. The molecule has 1 spiro atoms. The van der Waals surface area contributed by atoms with Crippen molar-refractivity contribution in [3.05, 3.63) is 0 Å². The molecule has 0 aliphatic carbocycles. The summed E-state index contributed by atoms with van der Waals surface area (Å²) in [6, 6.07) is 0.512.